The fraction of sp³-hybridized carbons (Fsp3) is 0.444. The SMILES string of the molecule is NS(=O)(=O)N1CCN(c2nc3sccn3c2[N+](=O)[O-])CC1. The van der Waals surface area contributed by atoms with Gasteiger partial charge in [0, 0.05) is 31.6 Å². The van der Waals surface area contributed by atoms with Crippen LogP contribution in [0.4, 0.5) is 11.6 Å². The van der Waals surface area contributed by atoms with E-state index in [0.717, 1.165) is 4.31 Å². The van der Waals surface area contributed by atoms with E-state index in [0.29, 0.717) is 18.1 Å². The van der Waals surface area contributed by atoms with Crippen LogP contribution in [0.5, 0.6) is 0 Å². The van der Waals surface area contributed by atoms with Gasteiger partial charge in [-0.3, -0.25) is 0 Å². The molecular weight excluding hydrogens is 320 g/mol. The van der Waals surface area contributed by atoms with E-state index in [4.69, 9.17) is 5.14 Å². The standard InChI is InChI=1S/C9H12N6O4S2/c10-21(18,19)13-3-1-12(2-4-13)7-8(15(16)17)14-5-6-20-9(14)11-7/h5-6H,1-4H2,(H2,10,18,19). The molecule has 1 aliphatic heterocycles. The summed E-state index contributed by atoms with van der Waals surface area (Å²) >= 11 is 1.30. The van der Waals surface area contributed by atoms with Gasteiger partial charge >= 0.3 is 5.82 Å². The molecule has 1 saturated heterocycles. The van der Waals surface area contributed by atoms with Crippen LogP contribution in [-0.4, -0.2) is 53.2 Å². The number of nitrogens with two attached hydrogens (primary N) is 1. The highest BCUT2D eigenvalue weighted by Crippen LogP contribution is 2.31. The Hall–Kier alpha value is -1.76. The summed E-state index contributed by atoms with van der Waals surface area (Å²) < 4.78 is 25.1. The van der Waals surface area contributed by atoms with Crippen LogP contribution in [0.25, 0.3) is 4.96 Å². The zero-order chi connectivity index (χ0) is 15.2. The number of aromatic nitrogens is 2. The lowest BCUT2D eigenvalue weighted by Crippen LogP contribution is -2.50. The molecule has 3 heterocycles. The molecule has 21 heavy (non-hydrogen) atoms. The molecule has 0 atom stereocenters. The number of anilines is 1. The first-order chi connectivity index (χ1) is 9.88. The Morgan fingerprint density at radius 3 is 2.57 bits per heavy atom. The number of piperazine rings is 1. The minimum atomic E-state index is -3.72. The summed E-state index contributed by atoms with van der Waals surface area (Å²) in [5.41, 5.74) is 0. The number of fused-ring (bicyclic) bond motifs is 1. The summed E-state index contributed by atoms with van der Waals surface area (Å²) in [6.45, 7) is 0.979. The van der Waals surface area contributed by atoms with Gasteiger partial charge in [-0.2, -0.15) is 22.1 Å². The highest BCUT2D eigenvalue weighted by Gasteiger charge is 2.31. The maximum absolute atomic E-state index is 11.3. The van der Waals surface area contributed by atoms with Crippen molar-refractivity contribution in [2.45, 2.75) is 0 Å². The van der Waals surface area contributed by atoms with Crippen molar-refractivity contribution in [1.29, 1.82) is 0 Å². The molecule has 0 bridgehead atoms. The van der Waals surface area contributed by atoms with Gasteiger partial charge in [0.1, 0.15) is 6.20 Å². The first-order valence-electron chi connectivity index (χ1n) is 6.00. The monoisotopic (exact) mass is 332 g/mol. The van der Waals surface area contributed by atoms with E-state index in [-0.39, 0.29) is 24.7 Å². The predicted octanol–water partition coefficient (Wildman–Crippen LogP) is -0.370. The molecular formula is C9H12N6O4S2. The van der Waals surface area contributed by atoms with Crippen LogP contribution in [0, 0.1) is 10.1 Å². The van der Waals surface area contributed by atoms with Crippen molar-refractivity contribution >= 4 is 38.1 Å². The molecule has 10 nitrogen and oxygen atoms in total. The Kier molecular flexibility index (Phi) is 3.32. The van der Waals surface area contributed by atoms with E-state index in [1.54, 1.807) is 16.5 Å². The molecule has 0 aromatic carbocycles. The molecule has 1 fully saturated rings. The number of nitro groups is 1. The average molecular weight is 332 g/mol. The van der Waals surface area contributed by atoms with Crippen molar-refractivity contribution in [3.8, 4) is 0 Å². The molecule has 0 radical (unpaired) electrons. The van der Waals surface area contributed by atoms with E-state index < -0.39 is 15.1 Å². The van der Waals surface area contributed by atoms with E-state index in [1.807, 2.05) is 0 Å². The number of imidazole rings is 1. The topological polar surface area (TPSA) is 127 Å². The van der Waals surface area contributed by atoms with Crippen LogP contribution in [-0.2, 0) is 10.2 Å². The third kappa shape index (κ3) is 2.46. The Labute approximate surface area is 123 Å². The lowest BCUT2D eigenvalue weighted by atomic mass is 10.3. The summed E-state index contributed by atoms with van der Waals surface area (Å²) in [6, 6.07) is 0. The molecule has 0 spiro atoms. The molecule has 0 amide bonds. The van der Waals surface area contributed by atoms with Gasteiger partial charge < -0.3 is 15.0 Å². The number of nitrogens with zero attached hydrogens (tertiary/aromatic N) is 5. The molecule has 2 N–H and O–H groups in total. The van der Waals surface area contributed by atoms with E-state index in [1.165, 1.54) is 15.7 Å². The number of rotatable bonds is 3. The third-order valence-electron chi connectivity index (χ3n) is 3.29. The molecule has 2 aromatic rings. The van der Waals surface area contributed by atoms with Crippen molar-refractivity contribution in [1.82, 2.24) is 13.7 Å². The number of hydrogen-bond acceptors (Lipinski definition) is 7. The molecule has 0 unspecified atom stereocenters. The van der Waals surface area contributed by atoms with E-state index in [2.05, 4.69) is 4.98 Å². The zero-order valence-electron chi connectivity index (χ0n) is 10.7. The van der Waals surface area contributed by atoms with Crippen LogP contribution in [0.1, 0.15) is 0 Å². The van der Waals surface area contributed by atoms with E-state index >= 15 is 0 Å². The minimum Gasteiger partial charge on any atom is -0.358 e. The Morgan fingerprint density at radius 1 is 1.33 bits per heavy atom. The third-order valence-corrected chi connectivity index (χ3v) is 5.13. The second-order valence-electron chi connectivity index (χ2n) is 4.50. The van der Waals surface area contributed by atoms with Crippen molar-refractivity contribution < 1.29 is 13.3 Å². The molecule has 114 valence electrons. The highest BCUT2D eigenvalue weighted by atomic mass is 32.2. The lowest BCUT2D eigenvalue weighted by Gasteiger charge is -2.32. The molecule has 3 rings (SSSR count). The van der Waals surface area contributed by atoms with Gasteiger partial charge in [0.05, 0.1) is 0 Å². The fourth-order valence-corrected chi connectivity index (χ4v) is 3.68. The normalized spacial score (nSPS) is 17.5. The minimum absolute atomic E-state index is 0.102. The van der Waals surface area contributed by atoms with Gasteiger partial charge in [-0.1, -0.05) is 11.3 Å². The second-order valence-corrected chi connectivity index (χ2v) is 6.92. The van der Waals surface area contributed by atoms with Crippen molar-refractivity contribution in [3.05, 3.63) is 21.7 Å². The van der Waals surface area contributed by atoms with Crippen LogP contribution >= 0.6 is 11.3 Å². The summed E-state index contributed by atoms with van der Waals surface area (Å²) in [5, 5.41) is 18.0. The van der Waals surface area contributed by atoms with E-state index in [9.17, 15) is 18.5 Å². The quantitative estimate of drug-likeness (QED) is 0.603. The van der Waals surface area contributed by atoms with Gasteiger partial charge in [0.15, 0.2) is 0 Å². The zero-order valence-corrected chi connectivity index (χ0v) is 12.4. The molecule has 2 aromatic heterocycles. The lowest BCUT2D eigenvalue weighted by molar-refractivity contribution is -0.389. The van der Waals surface area contributed by atoms with Crippen molar-refractivity contribution in [2.24, 2.45) is 5.14 Å². The molecule has 12 heteroatoms. The average Bonchev–Trinajstić information content (AvgIpc) is 2.96. The largest absolute Gasteiger partial charge is 0.373 e. The molecule has 0 saturated carbocycles. The fourth-order valence-electron chi connectivity index (χ4n) is 2.30. The van der Waals surface area contributed by atoms with Gasteiger partial charge in [0.25, 0.3) is 15.2 Å². The summed E-state index contributed by atoms with van der Waals surface area (Å²) in [5.74, 6) is 0.163. The van der Waals surface area contributed by atoms with Crippen LogP contribution < -0.4 is 10.0 Å². The Morgan fingerprint density at radius 2 is 2.00 bits per heavy atom. The van der Waals surface area contributed by atoms with Crippen LogP contribution in [0.3, 0.4) is 0 Å². The van der Waals surface area contributed by atoms with Gasteiger partial charge in [-0.15, -0.1) is 0 Å². The van der Waals surface area contributed by atoms with Crippen molar-refractivity contribution in [2.75, 3.05) is 31.1 Å². The van der Waals surface area contributed by atoms with Gasteiger partial charge in [-0.25, -0.2) is 5.14 Å². The summed E-state index contributed by atoms with van der Waals surface area (Å²) in [6.07, 6.45) is 1.59. The van der Waals surface area contributed by atoms with Crippen molar-refractivity contribution in [3.63, 3.8) is 0 Å². The predicted molar refractivity (Wildman–Crippen MR) is 76.6 cm³/mol. The molecule has 1 aliphatic rings. The van der Waals surface area contributed by atoms with Crippen LogP contribution in [0.15, 0.2) is 11.6 Å². The second kappa shape index (κ2) is 4.91. The Bertz CT molecular complexity index is 788. The summed E-state index contributed by atoms with van der Waals surface area (Å²) in [4.78, 5) is 17.3. The smallest absolute Gasteiger partial charge is 0.358 e. The summed E-state index contributed by atoms with van der Waals surface area (Å²) in [7, 11) is -3.72. The Balaban J connectivity index is 1.90. The molecule has 0 aliphatic carbocycles. The maximum atomic E-state index is 11.3. The first kappa shape index (κ1) is 14.2. The van der Waals surface area contributed by atoms with Crippen LogP contribution in [0.2, 0.25) is 0 Å². The van der Waals surface area contributed by atoms with Gasteiger partial charge in [-0.05, 0) is 4.92 Å². The maximum Gasteiger partial charge on any atom is 0.373 e. The highest BCUT2D eigenvalue weighted by molar-refractivity contribution is 7.86. The van der Waals surface area contributed by atoms with Gasteiger partial charge in [0.2, 0.25) is 5.82 Å². The number of thiazole rings is 1. The number of hydrogen-bond donors (Lipinski definition) is 1. The first-order valence-corrected chi connectivity index (χ1v) is 8.39.